The zero-order chi connectivity index (χ0) is 14.4. The van der Waals surface area contributed by atoms with E-state index in [4.69, 9.17) is 0 Å². The standard InChI is InChI=1S/C13H10BrIN2O3/c14-7-3-6-5-17(13(20)11(6)8(15)4-7)9-1-2-10(18)16-12(9)19/h3-4,9H,1-2,5H2,(H,16,18,19)/t9-/m0/s1. The molecular weight excluding hydrogens is 439 g/mol. The first kappa shape index (κ1) is 14.0. The number of benzene rings is 1. The average molecular weight is 449 g/mol. The lowest BCUT2D eigenvalue weighted by molar-refractivity contribution is -0.136. The number of fused-ring (bicyclic) bond motifs is 1. The van der Waals surface area contributed by atoms with Gasteiger partial charge in [0, 0.05) is 21.0 Å². The molecule has 0 spiro atoms. The molecular formula is C13H10BrIN2O3. The number of nitrogens with one attached hydrogen (secondary N) is 1. The zero-order valence-electron chi connectivity index (χ0n) is 10.3. The second kappa shape index (κ2) is 5.10. The summed E-state index contributed by atoms with van der Waals surface area (Å²) in [7, 11) is 0. The molecule has 3 amide bonds. The van der Waals surface area contributed by atoms with Gasteiger partial charge in [-0.15, -0.1) is 0 Å². The van der Waals surface area contributed by atoms with Crippen molar-refractivity contribution in [3.05, 3.63) is 31.3 Å². The third-order valence-corrected chi connectivity index (χ3v) is 4.85. The Hall–Kier alpha value is -0.960. The largest absolute Gasteiger partial charge is 0.322 e. The van der Waals surface area contributed by atoms with Gasteiger partial charge in [0.05, 0.1) is 5.56 Å². The monoisotopic (exact) mass is 448 g/mol. The number of imide groups is 1. The van der Waals surface area contributed by atoms with Crippen LogP contribution in [0.2, 0.25) is 0 Å². The molecule has 20 heavy (non-hydrogen) atoms. The molecule has 1 aromatic carbocycles. The minimum atomic E-state index is -0.554. The van der Waals surface area contributed by atoms with Crippen LogP contribution in [0.5, 0.6) is 0 Å². The van der Waals surface area contributed by atoms with E-state index in [-0.39, 0.29) is 24.1 Å². The third kappa shape index (κ3) is 2.26. The summed E-state index contributed by atoms with van der Waals surface area (Å²) < 4.78 is 1.78. The lowest BCUT2D eigenvalue weighted by atomic mass is 10.0. The van der Waals surface area contributed by atoms with Gasteiger partial charge in [0.1, 0.15) is 6.04 Å². The number of hydrogen-bond donors (Lipinski definition) is 1. The fraction of sp³-hybridized carbons (Fsp3) is 0.308. The number of amides is 3. The Morgan fingerprint density at radius 3 is 2.75 bits per heavy atom. The number of carbonyl (C=O) groups excluding carboxylic acids is 3. The maximum Gasteiger partial charge on any atom is 0.256 e. The molecule has 2 heterocycles. The first-order valence-electron chi connectivity index (χ1n) is 6.10. The van der Waals surface area contributed by atoms with E-state index in [1.54, 1.807) is 4.90 Å². The van der Waals surface area contributed by atoms with Crippen molar-refractivity contribution in [2.45, 2.75) is 25.4 Å². The first-order valence-corrected chi connectivity index (χ1v) is 7.97. The average Bonchev–Trinajstić information content (AvgIpc) is 2.66. The Bertz CT molecular complexity index is 647. The van der Waals surface area contributed by atoms with E-state index in [2.05, 4.69) is 43.8 Å². The molecule has 1 fully saturated rings. The summed E-state index contributed by atoms with van der Waals surface area (Å²) in [6.07, 6.45) is 0.666. The molecule has 7 heteroatoms. The Labute approximate surface area is 137 Å². The molecule has 0 aliphatic carbocycles. The van der Waals surface area contributed by atoms with E-state index >= 15 is 0 Å². The summed E-state index contributed by atoms with van der Waals surface area (Å²) in [6, 6.07) is 3.23. The Morgan fingerprint density at radius 2 is 2.05 bits per heavy atom. The summed E-state index contributed by atoms with van der Waals surface area (Å²) >= 11 is 5.54. The first-order chi connectivity index (χ1) is 9.47. The smallest absolute Gasteiger partial charge is 0.256 e. The number of piperidine rings is 1. The fourth-order valence-corrected chi connectivity index (χ4v) is 4.47. The van der Waals surface area contributed by atoms with Crippen LogP contribution in [0, 0.1) is 3.57 Å². The van der Waals surface area contributed by atoms with Crippen LogP contribution in [0.25, 0.3) is 0 Å². The Kier molecular flexibility index (Phi) is 3.57. The topological polar surface area (TPSA) is 66.5 Å². The highest BCUT2D eigenvalue weighted by Crippen LogP contribution is 2.32. The van der Waals surface area contributed by atoms with Crippen molar-refractivity contribution >= 4 is 56.2 Å². The molecule has 1 atom stereocenters. The van der Waals surface area contributed by atoms with Crippen LogP contribution < -0.4 is 5.32 Å². The highest BCUT2D eigenvalue weighted by atomic mass is 127. The van der Waals surface area contributed by atoms with Gasteiger partial charge in [-0.3, -0.25) is 19.7 Å². The number of rotatable bonds is 1. The molecule has 0 unspecified atom stereocenters. The third-order valence-electron chi connectivity index (χ3n) is 3.54. The number of nitrogens with zero attached hydrogens (tertiary/aromatic N) is 1. The van der Waals surface area contributed by atoms with Gasteiger partial charge in [-0.2, -0.15) is 0 Å². The summed E-state index contributed by atoms with van der Waals surface area (Å²) in [6.45, 7) is 0.413. The maximum absolute atomic E-state index is 12.5. The van der Waals surface area contributed by atoms with Crippen molar-refractivity contribution in [2.75, 3.05) is 0 Å². The lowest BCUT2D eigenvalue weighted by Crippen LogP contribution is -2.52. The molecule has 1 N–H and O–H groups in total. The van der Waals surface area contributed by atoms with Crippen LogP contribution in [-0.4, -0.2) is 28.7 Å². The molecule has 0 bridgehead atoms. The van der Waals surface area contributed by atoms with Crippen molar-refractivity contribution in [1.29, 1.82) is 0 Å². The Morgan fingerprint density at radius 1 is 1.30 bits per heavy atom. The van der Waals surface area contributed by atoms with Crippen LogP contribution in [0.1, 0.15) is 28.8 Å². The van der Waals surface area contributed by atoms with E-state index in [0.29, 0.717) is 18.5 Å². The second-order valence-corrected chi connectivity index (χ2v) is 6.90. The molecule has 2 aliphatic heterocycles. The summed E-state index contributed by atoms with van der Waals surface area (Å²) in [5, 5.41) is 2.30. The van der Waals surface area contributed by atoms with E-state index in [1.807, 2.05) is 12.1 Å². The molecule has 1 saturated heterocycles. The predicted octanol–water partition coefficient (Wildman–Crippen LogP) is 1.81. The van der Waals surface area contributed by atoms with Crippen LogP contribution in [0.15, 0.2) is 16.6 Å². The van der Waals surface area contributed by atoms with Gasteiger partial charge in [-0.25, -0.2) is 0 Å². The van der Waals surface area contributed by atoms with Gasteiger partial charge in [0.2, 0.25) is 11.8 Å². The summed E-state index contributed by atoms with van der Waals surface area (Å²) in [4.78, 5) is 37.1. The van der Waals surface area contributed by atoms with E-state index in [0.717, 1.165) is 13.6 Å². The van der Waals surface area contributed by atoms with Crippen LogP contribution >= 0.6 is 38.5 Å². The molecule has 2 aliphatic rings. The fourth-order valence-electron chi connectivity index (χ4n) is 2.62. The SMILES string of the molecule is O=C1CC[C@H](N2Cc3cc(Br)cc(I)c3C2=O)C(=O)N1. The molecule has 104 valence electrons. The maximum atomic E-state index is 12.5. The van der Waals surface area contributed by atoms with Crippen LogP contribution in [0.4, 0.5) is 0 Å². The zero-order valence-corrected chi connectivity index (χ0v) is 14.0. The minimum absolute atomic E-state index is 0.133. The normalized spacial score (nSPS) is 22.0. The number of halogens is 2. The highest BCUT2D eigenvalue weighted by molar-refractivity contribution is 14.1. The molecule has 0 radical (unpaired) electrons. The number of carbonyl (C=O) groups is 3. The molecule has 1 aromatic rings. The predicted molar refractivity (Wildman–Crippen MR) is 82.9 cm³/mol. The summed E-state index contributed by atoms with van der Waals surface area (Å²) in [5.74, 6) is -0.782. The highest BCUT2D eigenvalue weighted by Gasteiger charge is 2.39. The van der Waals surface area contributed by atoms with Gasteiger partial charge in [0.15, 0.2) is 0 Å². The van der Waals surface area contributed by atoms with E-state index in [9.17, 15) is 14.4 Å². The van der Waals surface area contributed by atoms with Gasteiger partial charge in [0.25, 0.3) is 5.91 Å². The van der Waals surface area contributed by atoms with Gasteiger partial charge >= 0.3 is 0 Å². The van der Waals surface area contributed by atoms with Crippen molar-refractivity contribution in [2.24, 2.45) is 0 Å². The van der Waals surface area contributed by atoms with Crippen molar-refractivity contribution in [3.63, 3.8) is 0 Å². The molecule has 5 nitrogen and oxygen atoms in total. The van der Waals surface area contributed by atoms with E-state index < -0.39 is 6.04 Å². The molecule has 0 saturated carbocycles. The van der Waals surface area contributed by atoms with Crippen LogP contribution in [-0.2, 0) is 16.1 Å². The number of hydrogen-bond acceptors (Lipinski definition) is 3. The van der Waals surface area contributed by atoms with Crippen molar-refractivity contribution in [1.82, 2.24) is 10.2 Å². The van der Waals surface area contributed by atoms with Crippen molar-refractivity contribution < 1.29 is 14.4 Å². The van der Waals surface area contributed by atoms with Gasteiger partial charge in [-0.1, -0.05) is 15.9 Å². The molecule has 0 aromatic heterocycles. The lowest BCUT2D eigenvalue weighted by Gasteiger charge is -2.29. The van der Waals surface area contributed by atoms with Gasteiger partial charge < -0.3 is 4.90 Å². The Balaban J connectivity index is 1.92. The summed E-state index contributed by atoms with van der Waals surface area (Å²) in [5.41, 5.74) is 1.58. The van der Waals surface area contributed by atoms with E-state index in [1.165, 1.54) is 0 Å². The van der Waals surface area contributed by atoms with Gasteiger partial charge in [-0.05, 0) is 46.7 Å². The minimum Gasteiger partial charge on any atom is -0.322 e. The molecule has 3 rings (SSSR count). The van der Waals surface area contributed by atoms with Crippen molar-refractivity contribution in [3.8, 4) is 0 Å². The quantitative estimate of drug-likeness (QED) is 0.526. The second-order valence-electron chi connectivity index (χ2n) is 4.82. The van der Waals surface area contributed by atoms with Crippen LogP contribution in [0.3, 0.4) is 0 Å².